The fraction of sp³-hybridized carbons (Fsp3) is 0.391. The molecule has 0 aliphatic carbocycles. The number of benzene rings is 2. The smallest absolute Gasteiger partial charge is 0.244 e. The topological polar surface area (TPSA) is 86.8 Å². The summed E-state index contributed by atoms with van der Waals surface area (Å²) in [5, 5.41) is 3.42. The zero-order chi connectivity index (χ0) is 26.5. The first-order valence-electron chi connectivity index (χ1n) is 10.7. The summed E-state index contributed by atoms with van der Waals surface area (Å²) in [6, 6.07) is 5.98. The van der Waals surface area contributed by atoms with Crippen molar-refractivity contribution in [2.24, 2.45) is 0 Å². The van der Waals surface area contributed by atoms with E-state index >= 15 is 0 Å². The first-order valence-corrected chi connectivity index (χ1v) is 13.3. The predicted octanol–water partition coefficient (Wildman–Crippen LogP) is 4.37. The number of nitrogens with one attached hydrogen (secondary N) is 1. The predicted molar refractivity (Wildman–Crippen MR) is 133 cm³/mol. The Balaban J connectivity index is 2.44. The molecular weight excluding hydrogens is 523 g/mol. The maximum atomic E-state index is 13.8. The first-order chi connectivity index (χ1) is 16.2. The molecule has 0 radical (unpaired) electrons. The van der Waals surface area contributed by atoms with Crippen LogP contribution in [0.3, 0.4) is 0 Å². The summed E-state index contributed by atoms with van der Waals surface area (Å²) in [6.45, 7) is 4.32. The third kappa shape index (κ3) is 7.78. The van der Waals surface area contributed by atoms with E-state index in [2.05, 4.69) is 5.32 Å². The number of hydrogen-bond donors (Lipinski definition) is 1. The summed E-state index contributed by atoms with van der Waals surface area (Å²) in [4.78, 5) is 27.4. The van der Waals surface area contributed by atoms with E-state index in [1.54, 1.807) is 19.1 Å². The highest BCUT2D eigenvalue weighted by Crippen LogP contribution is 2.25. The summed E-state index contributed by atoms with van der Waals surface area (Å²) >= 11 is 12.2. The van der Waals surface area contributed by atoms with E-state index < -0.39 is 46.1 Å². The Morgan fingerprint density at radius 2 is 1.71 bits per heavy atom. The number of halogens is 4. The molecule has 0 aromatic heterocycles. The van der Waals surface area contributed by atoms with Crippen molar-refractivity contribution in [3.05, 3.63) is 63.6 Å². The van der Waals surface area contributed by atoms with E-state index in [1.165, 1.54) is 17.9 Å². The van der Waals surface area contributed by atoms with Gasteiger partial charge in [-0.2, -0.15) is 0 Å². The van der Waals surface area contributed by atoms with Crippen LogP contribution in [0.5, 0.6) is 0 Å². The fourth-order valence-corrected chi connectivity index (χ4v) is 4.45. The second kappa shape index (κ2) is 12.0. The second-order valence-electron chi connectivity index (χ2n) is 8.12. The summed E-state index contributed by atoms with van der Waals surface area (Å²) in [6.07, 6.45) is 1.49. The van der Waals surface area contributed by atoms with E-state index in [4.69, 9.17) is 23.2 Å². The number of carbonyl (C=O) groups excluding carboxylic acids is 2. The Kier molecular flexibility index (Phi) is 9.88. The number of rotatable bonds is 10. The molecular formula is C23H27Cl2F2N3O4S. The summed E-state index contributed by atoms with van der Waals surface area (Å²) < 4.78 is 52.8. The van der Waals surface area contributed by atoms with Crippen molar-refractivity contribution in [3.63, 3.8) is 0 Å². The van der Waals surface area contributed by atoms with Gasteiger partial charge in [0.25, 0.3) is 0 Å². The highest BCUT2D eigenvalue weighted by molar-refractivity contribution is 7.92. The molecule has 12 heteroatoms. The van der Waals surface area contributed by atoms with Gasteiger partial charge in [-0.3, -0.25) is 13.9 Å². The normalized spacial score (nSPS) is 13.1. The molecule has 0 bridgehead atoms. The van der Waals surface area contributed by atoms with Gasteiger partial charge in [0.15, 0.2) is 11.6 Å². The Labute approximate surface area is 214 Å². The third-order valence-electron chi connectivity index (χ3n) is 5.39. The van der Waals surface area contributed by atoms with E-state index in [0.29, 0.717) is 27.4 Å². The van der Waals surface area contributed by atoms with Gasteiger partial charge < -0.3 is 10.2 Å². The average Bonchev–Trinajstić information content (AvgIpc) is 2.77. The highest BCUT2D eigenvalue weighted by atomic mass is 35.5. The molecule has 0 heterocycles. The SMILES string of the molecule is CCC(C)NC(=O)C(C)N(Cc1ccc(Cl)cc1Cl)C(=O)CN(c1ccc(F)c(F)c1)S(C)(=O)=O. The molecule has 35 heavy (non-hydrogen) atoms. The maximum absolute atomic E-state index is 13.8. The van der Waals surface area contributed by atoms with Gasteiger partial charge in [0.1, 0.15) is 12.6 Å². The molecule has 2 rings (SSSR count). The van der Waals surface area contributed by atoms with Crippen LogP contribution in [0.2, 0.25) is 10.0 Å². The maximum Gasteiger partial charge on any atom is 0.244 e. The molecule has 2 atom stereocenters. The molecule has 2 amide bonds. The van der Waals surface area contributed by atoms with Crippen LogP contribution in [0.1, 0.15) is 32.8 Å². The lowest BCUT2D eigenvalue weighted by molar-refractivity contribution is -0.139. The van der Waals surface area contributed by atoms with Crippen LogP contribution in [0, 0.1) is 11.6 Å². The fourth-order valence-electron chi connectivity index (χ4n) is 3.14. The minimum Gasteiger partial charge on any atom is -0.352 e. The number of anilines is 1. The van der Waals surface area contributed by atoms with E-state index in [0.717, 1.165) is 18.4 Å². The van der Waals surface area contributed by atoms with Gasteiger partial charge in [-0.05, 0) is 50.1 Å². The minimum atomic E-state index is -4.08. The number of carbonyl (C=O) groups is 2. The lowest BCUT2D eigenvalue weighted by atomic mass is 10.1. The average molecular weight is 550 g/mol. The van der Waals surface area contributed by atoms with Crippen molar-refractivity contribution in [1.29, 1.82) is 0 Å². The van der Waals surface area contributed by atoms with Gasteiger partial charge in [0.05, 0.1) is 11.9 Å². The molecule has 2 aromatic rings. The summed E-state index contributed by atoms with van der Waals surface area (Å²) in [7, 11) is -4.08. The summed E-state index contributed by atoms with van der Waals surface area (Å²) in [5.74, 6) is -3.63. The van der Waals surface area contributed by atoms with Crippen LogP contribution in [0.4, 0.5) is 14.5 Å². The Morgan fingerprint density at radius 3 is 2.26 bits per heavy atom. The molecule has 0 saturated heterocycles. The summed E-state index contributed by atoms with van der Waals surface area (Å²) in [5.41, 5.74) is 0.243. The Morgan fingerprint density at radius 1 is 1.06 bits per heavy atom. The molecule has 2 aromatic carbocycles. The van der Waals surface area contributed by atoms with E-state index in [1.807, 2.05) is 6.92 Å². The molecule has 192 valence electrons. The van der Waals surface area contributed by atoms with E-state index in [9.17, 15) is 26.8 Å². The van der Waals surface area contributed by atoms with Crippen molar-refractivity contribution >= 4 is 50.7 Å². The Bertz CT molecular complexity index is 1200. The van der Waals surface area contributed by atoms with Crippen LogP contribution in [-0.4, -0.2) is 50.0 Å². The molecule has 0 aliphatic heterocycles. The number of hydrogen-bond acceptors (Lipinski definition) is 4. The van der Waals surface area contributed by atoms with Crippen molar-refractivity contribution in [1.82, 2.24) is 10.2 Å². The lowest BCUT2D eigenvalue weighted by Crippen LogP contribution is -2.52. The second-order valence-corrected chi connectivity index (χ2v) is 10.9. The zero-order valence-corrected chi connectivity index (χ0v) is 22.0. The van der Waals surface area contributed by atoms with Gasteiger partial charge in [0.2, 0.25) is 21.8 Å². The first kappa shape index (κ1) is 28.8. The largest absolute Gasteiger partial charge is 0.352 e. The van der Waals surface area contributed by atoms with Crippen LogP contribution in [-0.2, 0) is 26.2 Å². The van der Waals surface area contributed by atoms with Gasteiger partial charge in [-0.1, -0.05) is 36.2 Å². The number of nitrogens with zero attached hydrogens (tertiary/aromatic N) is 2. The number of sulfonamides is 1. The molecule has 0 saturated carbocycles. The van der Waals surface area contributed by atoms with Gasteiger partial charge in [0, 0.05) is 28.7 Å². The van der Waals surface area contributed by atoms with Crippen molar-refractivity contribution in [2.75, 3.05) is 17.1 Å². The lowest BCUT2D eigenvalue weighted by Gasteiger charge is -2.32. The van der Waals surface area contributed by atoms with Crippen LogP contribution in [0.15, 0.2) is 36.4 Å². The quantitative estimate of drug-likeness (QED) is 0.476. The van der Waals surface area contributed by atoms with Crippen LogP contribution in [0.25, 0.3) is 0 Å². The molecule has 0 fully saturated rings. The zero-order valence-electron chi connectivity index (χ0n) is 19.7. The standard InChI is InChI=1S/C23H27Cl2F2N3O4S/c1-5-14(2)28-23(32)15(3)29(12-16-6-7-17(24)10-19(16)25)22(31)13-30(35(4,33)34)18-8-9-20(26)21(27)11-18/h6-11,14-15H,5,12-13H2,1-4H3,(H,28,32). The highest BCUT2D eigenvalue weighted by Gasteiger charge is 2.31. The van der Waals surface area contributed by atoms with Gasteiger partial charge in [-0.15, -0.1) is 0 Å². The van der Waals surface area contributed by atoms with Gasteiger partial charge in [-0.25, -0.2) is 17.2 Å². The van der Waals surface area contributed by atoms with Crippen molar-refractivity contribution < 1.29 is 26.8 Å². The Hall–Kier alpha value is -2.43. The molecule has 0 spiro atoms. The number of amides is 2. The monoisotopic (exact) mass is 549 g/mol. The van der Waals surface area contributed by atoms with Crippen molar-refractivity contribution in [2.45, 2.75) is 45.8 Å². The molecule has 2 unspecified atom stereocenters. The third-order valence-corrected chi connectivity index (χ3v) is 7.12. The molecule has 0 aliphatic rings. The van der Waals surface area contributed by atoms with E-state index in [-0.39, 0.29) is 23.3 Å². The van der Waals surface area contributed by atoms with Crippen molar-refractivity contribution in [3.8, 4) is 0 Å². The molecule has 7 nitrogen and oxygen atoms in total. The van der Waals surface area contributed by atoms with Crippen LogP contribution >= 0.6 is 23.2 Å². The van der Waals surface area contributed by atoms with Gasteiger partial charge >= 0.3 is 0 Å². The molecule has 1 N–H and O–H groups in total. The minimum absolute atomic E-state index is 0.126. The van der Waals surface area contributed by atoms with Crippen LogP contribution < -0.4 is 9.62 Å².